The molecule has 0 spiro atoms. The molecule has 2 heterocycles. The zero-order valence-electron chi connectivity index (χ0n) is 15.1. The van der Waals surface area contributed by atoms with Gasteiger partial charge in [0.2, 0.25) is 0 Å². The summed E-state index contributed by atoms with van der Waals surface area (Å²) in [5, 5.41) is 0. The first-order chi connectivity index (χ1) is 13.1. The van der Waals surface area contributed by atoms with Gasteiger partial charge in [-0.3, -0.25) is 9.69 Å². The fraction of sp³-hybridized carbons (Fsp3) is 0.333. The molecule has 0 aliphatic carbocycles. The molecule has 2 aliphatic rings. The van der Waals surface area contributed by atoms with Crippen LogP contribution in [0.3, 0.4) is 0 Å². The maximum atomic E-state index is 12.8. The van der Waals surface area contributed by atoms with Crippen molar-refractivity contribution in [3.8, 4) is 0 Å². The van der Waals surface area contributed by atoms with Crippen molar-refractivity contribution in [2.75, 3.05) is 24.5 Å². The minimum Gasteiger partial charge on any atom is -0.312 e. The minimum atomic E-state index is -0.183. The molecule has 6 heteroatoms. The number of halogens is 1. The predicted molar refractivity (Wildman–Crippen MR) is 108 cm³/mol. The SMILES string of the molecule is O=C1CN(C2CCN(Cc3ccc(Br)cc3)CC2)C(=O)N1c1ccccc1. The third kappa shape index (κ3) is 3.92. The van der Waals surface area contributed by atoms with Crippen LogP contribution in [0.5, 0.6) is 0 Å². The normalized spacial score (nSPS) is 19.1. The smallest absolute Gasteiger partial charge is 0.312 e. The molecule has 0 aromatic heterocycles. The van der Waals surface area contributed by atoms with Gasteiger partial charge in [0.25, 0.3) is 5.91 Å². The highest BCUT2D eigenvalue weighted by Crippen LogP contribution is 2.26. The number of para-hydroxylation sites is 1. The minimum absolute atomic E-state index is 0.135. The topological polar surface area (TPSA) is 43.9 Å². The van der Waals surface area contributed by atoms with Crippen molar-refractivity contribution in [1.29, 1.82) is 0 Å². The number of benzene rings is 2. The van der Waals surface area contributed by atoms with Gasteiger partial charge < -0.3 is 4.90 Å². The second kappa shape index (κ2) is 7.82. The molecule has 3 amide bonds. The number of carbonyl (C=O) groups is 2. The van der Waals surface area contributed by atoms with E-state index in [1.807, 2.05) is 18.2 Å². The van der Waals surface area contributed by atoms with Crippen LogP contribution < -0.4 is 4.90 Å². The molecule has 2 fully saturated rings. The number of piperidine rings is 1. The Balaban J connectivity index is 1.36. The van der Waals surface area contributed by atoms with Crippen LogP contribution in [-0.4, -0.2) is 47.4 Å². The number of carbonyl (C=O) groups excluding carboxylic acids is 2. The van der Waals surface area contributed by atoms with E-state index in [0.29, 0.717) is 5.69 Å². The van der Waals surface area contributed by atoms with Crippen molar-refractivity contribution in [3.63, 3.8) is 0 Å². The van der Waals surface area contributed by atoms with Gasteiger partial charge in [0.05, 0.1) is 5.69 Å². The molecule has 2 aromatic rings. The predicted octanol–water partition coefficient (Wildman–Crippen LogP) is 3.88. The molecule has 4 rings (SSSR count). The molecule has 0 saturated carbocycles. The van der Waals surface area contributed by atoms with Crippen molar-refractivity contribution in [1.82, 2.24) is 9.80 Å². The first-order valence-corrected chi connectivity index (χ1v) is 10.1. The third-order valence-corrected chi connectivity index (χ3v) is 5.85. The molecule has 2 saturated heterocycles. The molecule has 140 valence electrons. The van der Waals surface area contributed by atoms with Crippen LogP contribution in [0.4, 0.5) is 10.5 Å². The van der Waals surface area contributed by atoms with Crippen LogP contribution in [0, 0.1) is 0 Å². The summed E-state index contributed by atoms with van der Waals surface area (Å²) in [6.07, 6.45) is 1.80. The van der Waals surface area contributed by atoms with Gasteiger partial charge in [-0.25, -0.2) is 9.69 Å². The summed E-state index contributed by atoms with van der Waals surface area (Å²) in [5.74, 6) is -0.136. The monoisotopic (exact) mass is 427 g/mol. The number of hydrogen-bond donors (Lipinski definition) is 0. The Morgan fingerprint density at radius 3 is 2.26 bits per heavy atom. The lowest BCUT2D eigenvalue weighted by Gasteiger charge is -2.36. The van der Waals surface area contributed by atoms with E-state index in [1.165, 1.54) is 10.5 Å². The van der Waals surface area contributed by atoms with Crippen molar-refractivity contribution >= 4 is 33.6 Å². The fourth-order valence-electron chi connectivity index (χ4n) is 3.87. The summed E-state index contributed by atoms with van der Waals surface area (Å²) in [4.78, 5) is 30.7. The van der Waals surface area contributed by atoms with Crippen molar-refractivity contribution < 1.29 is 9.59 Å². The summed E-state index contributed by atoms with van der Waals surface area (Å²) in [6.45, 7) is 2.97. The molecule has 0 radical (unpaired) electrons. The summed E-state index contributed by atoms with van der Waals surface area (Å²) in [7, 11) is 0. The highest BCUT2D eigenvalue weighted by molar-refractivity contribution is 9.10. The van der Waals surface area contributed by atoms with Gasteiger partial charge in [-0.15, -0.1) is 0 Å². The van der Waals surface area contributed by atoms with Crippen LogP contribution >= 0.6 is 15.9 Å². The highest BCUT2D eigenvalue weighted by Gasteiger charge is 2.41. The summed E-state index contributed by atoms with van der Waals surface area (Å²) >= 11 is 3.47. The van der Waals surface area contributed by atoms with Crippen LogP contribution in [0.1, 0.15) is 18.4 Å². The van der Waals surface area contributed by atoms with Gasteiger partial charge in [-0.2, -0.15) is 0 Å². The van der Waals surface area contributed by atoms with E-state index in [4.69, 9.17) is 0 Å². The van der Waals surface area contributed by atoms with E-state index >= 15 is 0 Å². The molecule has 0 atom stereocenters. The number of nitrogens with zero attached hydrogens (tertiary/aromatic N) is 3. The Morgan fingerprint density at radius 1 is 0.926 bits per heavy atom. The van der Waals surface area contributed by atoms with Crippen LogP contribution in [0.25, 0.3) is 0 Å². The standard InChI is InChI=1S/C21H22BrN3O2/c22-17-8-6-16(7-9-17)14-23-12-10-18(11-13-23)24-15-20(26)25(21(24)27)19-4-2-1-3-5-19/h1-9,18H,10-15H2. The van der Waals surface area contributed by atoms with E-state index in [0.717, 1.165) is 36.9 Å². The van der Waals surface area contributed by atoms with Crippen LogP contribution in [0.2, 0.25) is 0 Å². The van der Waals surface area contributed by atoms with Crippen LogP contribution in [-0.2, 0) is 11.3 Å². The summed E-state index contributed by atoms with van der Waals surface area (Å²) in [5.41, 5.74) is 1.95. The lowest BCUT2D eigenvalue weighted by molar-refractivity contribution is -0.116. The van der Waals surface area contributed by atoms with Gasteiger partial charge >= 0.3 is 6.03 Å². The molecule has 2 aliphatic heterocycles. The number of hydrogen-bond acceptors (Lipinski definition) is 3. The zero-order valence-corrected chi connectivity index (χ0v) is 16.6. The zero-order chi connectivity index (χ0) is 18.8. The first-order valence-electron chi connectivity index (χ1n) is 9.27. The van der Waals surface area contributed by atoms with Gasteiger partial charge in [-0.05, 0) is 42.7 Å². The quantitative estimate of drug-likeness (QED) is 0.695. The van der Waals surface area contributed by atoms with Gasteiger partial charge in [0.1, 0.15) is 6.54 Å². The molecule has 5 nitrogen and oxygen atoms in total. The number of anilines is 1. The Hall–Kier alpha value is -2.18. The van der Waals surface area contributed by atoms with Crippen molar-refractivity contribution in [3.05, 3.63) is 64.6 Å². The fourth-order valence-corrected chi connectivity index (χ4v) is 4.14. The average Bonchev–Trinajstić information content (AvgIpc) is 2.99. The summed E-state index contributed by atoms with van der Waals surface area (Å²) in [6, 6.07) is 17.5. The largest absolute Gasteiger partial charge is 0.332 e. The van der Waals surface area contributed by atoms with Crippen molar-refractivity contribution in [2.45, 2.75) is 25.4 Å². The van der Waals surface area contributed by atoms with E-state index < -0.39 is 0 Å². The molecule has 0 unspecified atom stereocenters. The molecule has 0 bridgehead atoms. The van der Waals surface area contributed by atoms with Gasteiger partial charge in [0, 0.05) is 30.1 Å². The third-order valence-electron chi connectivity index (χ3n) is 5.32. The molecular formula is C21H22BrN3O2. The van der Waals surface area contributed by atoms with E-state index in [2.05, 4.69) is 45.1 Å². The van der Waals surface area contributed by atoms with Crippen LogP contribution in [0.15, 0.2) is 59.1 Å². The number of amides is 3. The molecule has 27 heavy (non-hydrogen) atoms. The molecular weight excluding hydrogens is 406 g/mol. The number of likely N-dealkylation sites (tertiary alicyclic amines) is 1. The average molecular weight is 428 g/mol. The van der Waals surface area contributed by atoms with Gasteiger partial charge in [-0.1, -0.05) is 46.3 Å². The lowest BCUT2D eigenvalue weighted by Crippen LogP contribution is -2.46. The lowest BCUT2D eigenvalue weighted by atomic mass is 10.0. The highest BCUT2D eigenvalue weighted by atomic mass is 79.9. The number of urea groups is 1. The number of imide groups is 1. The van der Waals surface area contributed by atoms with Crippen molar-refractivity contribution in [2.24, 2.45) is 0 Å². The maximum absolute atomic E-state index is 12.8. The molecule has 2 aromatic carbocycles. The van der Waals surface area contributed by atoms with E-state index in [1.54, 1.807) is 17.0 Å². The van der Waals surface area contributed by atoms with Gasteiger partial charge in [0.15, 0.2) is 0 Å². The first kappa shape index (κ1) is 18.2. The Labute approximate surface area is 167 Å². The summed E-state index contributed by atoms with van der Waals surface area (Å²) < 4.78 is 1.09. The number of rotatable bonds is 4. The van der Waals surface area contributed by atoms with E-state index in [-0.39, 0.29) is 24.5 Å². The Morgan fingerprint density at radius 2 is 1.59 bits per heavy atom. The molecule has 0 N–H and O–H groups in total. The van der Waals surface area contributed by atoms with E-state index in [9.17, 15) is 9.59 Å². The second-order valence-electron chi connectivity index (χ2n) is 7.11. The maximum Gasteiger partial charge on any atom is 0.332 e. The Bertz CT molecular complexity index is 817. The Kier molecular flexibility index (Phi) is 5.27. The second-order valence-corrected chi connectivity index (χ2v) is 8.02.